The van der Waals surface area contributed by atoms with Gasteiger partial charge in [0.2, 0.25) is 5.88 Å². The second kappa shape index (κ2) is 3.67. The fourth-order valence-electron chi connectivity index (χ4n) is 1.42. The molecule has 1 heterocycles. The third-order valence-corrected chi connectivity index (χ3v) is 1.98. The van der Waals surface area contributed by atoms with E-state index in [4.69, 9.17) is 10.00 Å². The maximum absolute atomic E-state index is 8.97. The van der Waals surface area contributed by atoms with Crippen LogP contribution in [0, 0.1) is 11.3 Å². The quantitative estimate of drug-likeness (QED) is 0.682. The SMILES string of the molecule is COc1nccc(C#N)c1C(C)(C)C. The van der Waals surface area contributed by atoms with Gasteiger partial charge in [-0.2, -0.15) is 5.26 Å². The van der Waals surface area contributed by atoms with Crippen molar-refractivity contribution in [1.82, 2.24) is 4.98 Å². The summed E-state index contributed by atoms with van der Waals surface area (Å²) in [7, 11) is 1.57. The number of nitrogens with zero attached hydrogens (tertiary/aromatic N) is 2. The molecule has 0 aromatic carbocycles. The summed E-state index contributed by atoms with van der Waals surface area (Å²) in [5.74, 6) is 0.538. The molecule has 1 aromatic rings. The monoisotopic (exact) mass is 190 g/mol. The van der Waals surface area contributed by atoms with Gasteiger partial charge in [0.15, 0.2) is 0 Å². The minimum atomic E-state index is -0.134. The highest BCUT2D eigenvalue weighted by Crippen LogP contribution is 2.31. The van der Waals surface area contributed by atoms with E-state index in [-0.39, 0.29) is 5.41 Å². The molecule has 0 saturated carbocycles. The van der Waals surface area contributed by atoms with Crippen molar-refractivity contribution in [1.29, 1.82) is 5.26 Å². The van der Waals surface area contributed by atoms with Crippen molar-refractivity contribution in [2.75, 3.05) is 7.11 Å². The van der Waals surface area contributed by atoms with E-state index in [1.807, 2.05) is 20.8 Å². The van der Waals surface area contributed by atoms with E-state index in [2.05, 4.69) is 11.1 Å². The summed E-state index contributed by atoms with van der Waals surface area (Å²) in [4.78, 5) is 4.10. The molecule has 1 aromatic heterocycles. The number of nitriles is 1. The first-order valence-corrected chi connectivity index (χ1v) is 4.44. The summed E-state index contributed by atoms with van der Waals surface area (Å²) in [6.45, 7) is 6.11. The highest BCUT2D eigenvalue weighted by atomic mass is 16.5. The Morgan fingerprint density at radius 3 is 2.50 bits per heavy atom. The smallest absolute Gasteiger partial charge is 0.218 e. The van der Waals surface area contributed by atoms with Crippen molar-refractivity contribution in [2.24, 2.45) is 0 Å². The van der Waals surface area contributed by atoms with E-state index in [0.29, 0.717) is 11.4 Å². The van der Waals surface area contributed by atoms with Crippen LogP contribution in [0.1, 0.15) is 31.9 Å². The van der Waals surface area contributed by atoms with Crippen LogP contribution in [0.5, 0.6) is 5.88 Å². The van der Waals surface area contributed by atoms with Gasteiger partial charge in [0.05, 0.1) is 18.7 Å². The largest absolute Gasteiger partial charge is 0.481 e. The lowest BCUT2D eigenvalue weighted by molar-refractivity contribution is 0.380. The molecule has 1 rings (SSSR count). The number of aromatic nitrogens is 1. The average molecular weight is 190 g/mol. The van der Waals surface area contributed by atoms with E-state index in [1.54, 1.807) is 19.4 Å². The molecule has 0 aliphatic carbocycles. The van der Waals surface area contributed by atoms with Crippen LogP contribution in [-0.2, 0) is 5.41 Å². The average Bonchev–Trinajstić information content (AvgIpc) is 2.15. The molecule has 74 valence electrons. The summed E-state index contributed by atoms with van der Waals surface area (Å²) in [5.41, 5.74) is 1.36. The van der Waals surface area contributed by atoms with Crippen molar-refractivity contribution in [2.45, 2.75) is 26.2 Å². The van der Waals surface area contributed by atoms with Gasteiger partial charge in [0.25, 0.3) is 0 Å². The molecule has 0 aliphatic heterocycles. The minimum absolute atomic E-state index is 0.134. The Bertz CT molecular complexity index is 372. The van der Waals surface area contributed by atoms with Crippen LogP contribution in [0.3, 0.4) is 0 Å². The van der Waals surface area contributed by atoms with E-state index in [0.717, 1.165) is 5.56 Å². The van der Waals surface area contributed by atoms with Gasteiger partial charge in [-0.3, -0.25) is 0 Å². The van der Waals surface area contributed by atoms with Gasteiger partial charge in [-0.25, -0.2) is 4.98 Å². The zero-order valence-electron chi connectivity index (χ0n) is 8.96. The van der Waals surface area contributed by atoms with Crippen molar-refractivity contribution in [3.63, 3.8) is 0 Å². The Labute approximate surface area is 84.3 Å². The molecule has 0 N–H and O–H groups in total. The van der Waals surface area contributed by atoms with Gasteiger partial charge in [-0.15, -0.1) is 0 Å². The summed E-state index contributed by atoms with van der Waals surface area (Å²) < 4.78 is 5.15. The highest BCUT2D eigenvalue weighted by Gasteiger charge is 2.23. The Hall–Kier alpha value is -1.56. The summed E-state index contributed by atoms with van der Waals surface area (Å²) in [6, 6.07) is 3.87. The van der Waals surface area contributed by atoms with Gasteiger partial charge >= 0.3 is 0 Å². The summed E-state index contributed by atoms with van der Waals surface area (Å²) in [5, 5.41) is 8.97. The molecule has 0 spiro atoms. The number of methoxy groups -OCH3 is 1. The van der Waals surface area contributed by atoms with E-state index >= 15 is 0 Å². The Kier molecular flexibility index (Phi) is 2.76. The van der Waals surface area contributed by atoms with Gasteiger partial charge in [-0.05, 0) is 11.5 Å². The Morgan fingerprint density at radius 1 is 1.43 bits per heavy atom. The van der Waals surface area contributed by atoms with Crippen LogP contribution in [0.25, 0.3) is 0 Å². The lowest BCUT2D eigenvalue weighted by Crippen LogP contribution is -2.15. The molecule has 0 bridgehead atoms. The number of ether oxygens (including phenoxy) is 1. The van der Waals surface area contributed by atoms with E-state index in [1.165, 1.54) is 0 Å². The van der Waals surface area contributed by atoms with Crippen LogP contribution < -0.4 is 4.74 Å². The van der Waals surface area contributed by atoms with Crippen LogP contribution in [0.15, 0.2) is 12.3 Å². The zero-order chi connectivity index (χ0) is 10.8. The summed E-state index contributed by atoms with van der Waals surface area (Å²) >= 11 is 0. The zero-order valence-corrected chi connectivity index (χ0v) is 8.96. The van der Waals surface area contributed by atoms with Gasteiger partial charge in [0, 0.05) is 11.8 Å². The molecule has 0 fully saturated rings. The van der Waals surface area contributed by atoms with Gasteiger partial charge < -0.3 is 4.74 Å². The molecule has 0 atom stereocenters. The number of hydrogen-bond donors (Lipinski definition) is 0. The fraction of sp³-hybridized carbons (Fsp3) is 0.455. The number of pyridine rings is 1. The standard InChI is InChI=1S/C11H14N2O/c1-11(2,3)9-8(7-12)5-6-13-10(9)14-4/h5-6H,1-4H3. The van der Waals surface area contributed by atoms with Crippen molar-refractivity contribution in [3.05, 3.63) is 23.4 Å². The molecular weight excluding hydrogens is 176 g/mol. The van der Waals surface area contributed by atoms with Gasteiger partial charge in [-0.1, -0.05) is 20.8 Å². The lowest BCUT2D eigenvalue weighted by Gasteiger charge is -2.21. The Morgan fingerprint density at radius 2 is 2.07 bits per heavy atom. The van der Waals surface area contributed by atoms with Crippen molar-refractivity contribution in [3.8, 4) is 11.9 Å². The fourth-order valence-corrected chi connectivity index (χ4v) is 1.42. The third-order valence-electron chi connectivity index (χ3n) is 1.98. The number of hydrogen-bond acceptors (Lipinski definition) is 3. The molecule has 0 radical (unpaired) electrons. The van der Waals surface area contributed by atoms with Crippen LogP contribution in [0.4, 0.5) is 0 Å². The second-order valence-electron chi connectivity index (χ2n) is 4.10. The van der Waals surface area contributed by atoms with Crippen LogP contribution in [0.2, 0.25) is 0 Å². The molecule has 0 amide bonds. The molecule has 3 heteroatoms. The van der Waals surface area contributed by atoms with Crippen molar-refractivity contribution >= 4 is 0 Å². The second-order valence-corrected chi connectivity index (χ2v) is 4.10. The minimum Gasteiger partial charge on any atom is -0.481 e. The molecule has 3 nitrogen and oxygen atoms in total. The highest BCUT2D eigenvalue weighted by molar-refractivity contribution is 5.46. The predicted octanol–water partition coefficient (Wildman–Crippen LogP) is 2.26. The van der Waals surface area contributed by atoms with Crippen molar-refractivity contribution < 1.29 is 4.74 Å². The van der Waals surface area contributed by atoms with E-state index < -0.39 is 0 Å². The van der Waals surface area contributed by atoms with Gasteiger partial charge in [0.1, 0.15) is 0 Å². The maximum Gasteiger partial charge on any atom is 0.218 e. The molecule has 0 unspecified atom stereocenters. The predicted molar refractivity (Wildman–Crippen MR) is 54.2 cm³/mol. The first kappa shape index (κ1) is 10.5. The van der Waals surface area contributed by atoms with Crippen LogP contribution >= 0.6 is 0 Å². The maximum atomic E-state index is 8.97. The first-order valence-electron chi connectivity index (χ1n) is 4.44. The Balaban J connectivity index is 3.44. The normalized spacial score (nSPS) is 10.8. The lowest BCUT2D eigenvalue weighted by atomic mass is 9.85. The molecular formula is C11H14N2O. The molecule has 0 aliphatic rings. The van der Waals surface area contributed by atoms with E-state index in [9.17, 15) is 0 Å². The van der Waals surface area contributed by atoms with Crippen LogP contribution in [-0.4, -0.2) is 12.1 Å². The third kappa shape index (κ3) is 1.85. The first-order chi connectivity index (χ1) is 6.50. The summed E-state index contributed by atoms with van der Waals surface area (Å²) in [6.07, 6.45) is 1.59. The topological polar surface area (TPSA) is 45.9 Å². The number of rotatable bonds is 1. The molecule has 14 heavy (non-hydrogen) atoms. The molecule has 0 saturated heterocycles.